The number of carboxylic acid groups (broad SMARTS) is 2. The summed E-state index contributed by atoms with van der Waals surface area (Å²) >= 11 is 0. The molecule has 0 bridgehead atoms. The molecule has 0 radical (unpaired) electrons. The number of nitrogens with two attached hydrogens (primary N) is 1. The largest absolute Gasteiger partial charge is 0.481 e. The van der Waals surface area contributed by atoms with E-state index in [2.05, 4.69) is 0 Å². The number of fused-ring (bicyclic) bond motifs is 2. The van der Waals surface area contributed by atoms with Crippen molar-refractivity contribution in [1.29, 1.82) is 0 Å². The lowest BCUT2D eigenvalue weighted by molar-refractivity contribution is -0.145. The van der Waals surface area contributed by atoms with Gasteiger partial charge >= 0.3 is 11.9 Å². The minimum atomic E-state index is -1.61. The monoisotopic (exact) mass is 353 g/mol. The molecule has 0 aromatic heterocycles. The van der Waals surface area contributed by atoms with Crippen molar-refractivity contribution in [3.8, 4) is 11.5 Å². The first-order chi connectivity index (χ1) is 12.4. The highest BCUT2D eigenvalue weighted by Crippen LogP contribution is 2.53. The average Bonchev–Trinajstić information content (AvgIpc) is 3.43. The summed E-state index contributed by atoms with van der Waals surface area (Å²) in [5.41, 5.74) is 6.45. The first-order valence-corrected chi connectivity index (χ1v) is 8.52. The number of ether oxygens (including phenoxy) is 1. The van der Waals surface area contributed by atoms with Crippen molar-refractivity contribution in [3.63, 3.8) is 0 Å². The molecule has 4 N–H and O–H groups in total. The second-order valence-electron chi connectivity index (χ2n) is 7.07. The van der Waals surface area contributed by atoms with Crippen LogP contribution in [-0.4, -0.2) is 27.7 Å². The van der Waals surface area contributed by atoms with Crippen molar-refractivity contribution in [3.05, 3.63) is 59.7 Å². The molecular weight excluding hydrogens is 334 g/mol. The van der Waals surface area contributed by atoms with E-state index in [9.17, 15) is 19.8 Å². The Balaban J connectivity index is 1.75. The van der Waals surface area contributed by atoms with Crippen molar-refractivity contribution in [1.82, 2.24) is 0 Å². The first kappa shape index (κ1) is 16.6. The van der Waals surface area contributed by atoms with E-state index in [0.717, 1.165) is 11.1 Å². The molecule has 4 rings (SSSR count). The third-order valence-electron chi connectivity index (χ3n) is 5.52. The second-order valence-corrected chi connectivity index (χ2v) is 7.07. The van der Waals surface area contributed by atoms with Crippen LogP contribution in [0.3, 0.4) is 0 Å². The molecule has 2 aliphatic rings. The Morgan fingerprint density at radius 2 is 1.58 bits per heavy atom. The number of hydrogen-bond donors (Lipinski definition) is 3. The summed E-state index contributed by atoms with van der Waals surface area (Å²) in [6.07, 6.45) is 0.415. The van der Waals surface area contributed by atoms with E-state index in [4.69, 9.17) is 10.5 Å². The zero-order valence-electron chi connectivity index (χ0n) is 14.0. The number of carbonyl (C=O) groups is 2. The molecule has 134 valence electrons. The van der Waals surface area contributed by atoms with Gasteiger partial charge in [-0.15, -0.1) is 0 Å². The summed E-state index contributed by atoms with van der Waals surface area (Å²) < 4.78 is 5.94. The number of carboxylic acids is 2. The Hall–Kier alpha value is -2.86. The SMILES string of the molecule is NC(CC1c2ccccc2Oc2ccccc21)(C(=O)O)[C@H]1C[C@@H]1C(=O)O. The van der Waals surface area contributed by atoms with Crippen LogP contribution in [0.4, 0.5) is 0 Å². The van der Waals surface area contributed by atoms with Crippen LogP contribution in [0.15, 0.2) is 48.5 Å². The van der Waals surface area contributed by atoms with Gasteiger partial charge in [-0.2, -0.15) is 0 Å². The Bertz CT molecular complexity index is 850. The van der Waals surface area contributed by atoms with Gasteiger partial charge in [0, 0.05) is 23.0 Å². The van der Waals surface area contributed by atoms with Gasteiger partial charge in [-0.1, -0.05) is 36.4 Å². The van der Waals surface area contributed by atoms with Crippen molar-refractivity contribution in [2.45, 2.75) is 24.3 Å². The molecule has 0 amide bonds. The summed E-state index contributed by atoms with van der Waals surface area (Å²) in [4.78, 5) is 23.3. The summed E-state index contributed by atoms with van der Waals surface area (Å²) in [5, 5.41) is 19.0. The van der Waals surface area contributed by atoms with E-state index in [1.165, 1.54) is 0 Å². The molecule has 0 saturated heterocycles. The first-order valence-electron chi connectivity index (χ1n) is 8.52. The van der Waals surface area contributed by atoms with Crippen LogP contribution in [0.5, 0.6) is 11.5 Å². The van der Waals surface area contributed by atoms with Crippen molar-refractivity contribution in [2.75, 3.05) is 0 Å². The summed E-state index contributed by atoms with van der Waals surface area (Å²) in [5.74, 6) is -2.33. The minimum Gasteiger partial charge on any atom is -0.481 e. The third-order valence-corrected chi connectivity index (χ3v) is 5.52. The van der Waals surface area contributed by atoms with E-state index in [1.807, 2.05) is 48.5 Å². The summed E-state index contributed by atoms with van der Waals surface area (Å²) in [6.45, 7) is 0. The summed E-state index contributed by atoms with van der Waals surface area (Å²) in [6, 6.07) is 15.0. The molecule has 26 heavy (non-hydrogen) atoms. The number of rotatable bonds is 5. The van der Waals surface area contributed by atoms with Gasteiger partial charge in [-0.05, 0) is 25.0 Å². The molecular formula is C20H19NO5. The van der Waals surface area contributed by atoms with Crippen LogP contribution < -0.4 is 10.5 Å². The molecule has 2 aromatic rings. The second kappa shape index (κ2) is 5.85. The van der Waals surface area contributed by atoms with E-state index in [1.54, 1.807) is 0 Å². The molecule has 6 heteroatoms. The fourth-order valence-corrected chi connectivity index (χ4v) is 4.00. The van der Waals surface area contributed by atoms with Crippen LogP contribution in [0, 0.1) is 11.8 Å². The number of hydrogen-bond acceptors (Lipinski definition) is 4. The van der Waals surface area contributed by atoms with Crippen molar-refractivity contribution >= 4 is 11.9 Å². The Morgan fingerprint density at radius 3 is 2.04 bits per heavy atom. The Labute approximate surface area is 150 Å². The predicted molar refractivity (Wildman–Crippen MR) is 93.2 cm³/mol. The molecule has 3 atom stereocenters. The van der Waals surface area contributed by atoms with E-state index in [-0.39, 0.29) is 12.3 Å². The standard InChI is InChI=1S/C20H19NO5/c21-20(19(24)25,15-9-13(15)18(22)23)10-14-11-5-1-3-7-16(11)26-17-8-4-2-6-12(14)17/h1-8,13-15H,9-10,21H2,(H,22,23)(H,24,25)/t13-,15-,20?/m0/s1. The highest BCUT2D eigenvalue weighted by molar-refractivity contribution is 5.83. The molecule has 1 saturated carbocycles. The van der Waals surface area contributed by atoms with E-state index >= 15 is 0 Å². The van der Waals surface area contributed by atoms with Crippen molar-refractivity contribution < 1.29 is 24.5 Å². The molecule has 1 fully saturated rings. The van der Waals surface area contributed by atoms with Crippen LogP contribution in [0.25, 0.3) is 0 Å². The topological polar surface area (TPSA) is 110 Å². The van der Waals surface area contributed by atoms with Gasteiger partial charge in [-0.3, -0.25) is 9.59 Å². The molecule has 1 heterocycles. The van der Waals surface area contributed by atoms with Gasteiger partial charge in [0.25, 0.3) is 0 Å². The maximum absolute atomic E-state index is 12.0. The summed E-state index contributed by atoms with van der Waals surface area (Å²) in [7, 11) is 0. The normalized spacial score (nSPS) is 23.1. The maximum atomic E-state index is 12.0. The maximum Gasteiger partial charge on any atom is 0.324 e. The number of para-hydroxylation sites is 2. The van der Waals surface area contributed by atoms with E-state index < -0.39 is 29.3 Å². The molecule has 1 aliphatic heterocycles. The predicted octanol–water partition coefficient (Wildman–Crippen LogP) is 2.82. The van der Waals surface area contributed by atoms with Crippen LogP contribution in [-0.2, 0) is 9.59 Å². The third kappa shape index (κ3) is 2.54. The van der Waals surface area contributed by atoms with Crippen LogP contribution >= 0.6 is 0 Å². The van der Waals surface area contributed by atoms with Crippen LogP contribution in [0.2, 0.25) is 0 Å². The van der Waals surface area contributed by atoms with Gasteiger partial charge in [0.05, 0.1) is 5.92 Å². The van der Waals surface area contributed by atoms with Gasteiger partial charge < -0.3 is 20.7 Å². The van der Waals surface area contributed by atoms with E-state index in [0.29, 0.717) is 17.9 Å². The lowest BCUT2D eigenvalue weighted by Crippen LogP contribution is -2.52. The highest BCUT2D eigenvalue weighted by Gasteiger charge is 2.59. The van der Waals surface area contributed by atoms with Gasteiger partial charge in [0.2, 0.25) is 0 Å². The van der Waals surface area contributed by atoms with Gasteiger partial charge in [0.15, 0.2) is 0 Å². The molecule has 2 aromatic carbocycles. The zero-order valence-corrected chi connectivity index (χ0v) is 14.0. The molecule has 1 unspecified atom stereocenters. The zero-order chi connectivity index (χ0) is 18.5. The highest BCUT2D eigenvalue weighted by atomic mass is 16.5. The quantitative estimate of drug-likeness (QED) is 0.762. The van der Waals surface area contributed by atoms with Gasteiger partial charge in [0.1, 0.15) is 17.0 Å². The number of aliphatic carboxylic acids is 2. The fraction of sp³-hybridized carbons (Fsp3) is 0.300. The Kier molecular flexibility index (Phi) is 3.73. The van der Waals surface area contributed by atoms with Crippen LogP contribution in [0.1, 0.15) is 29.9 Å². The average molecular weight is 353 g/mol. The molecule has 1 aliphatic carbocycles. The van der Waals surface area contributed by atoms with Crippen molar-refractivity contribution in [2.24, 2.45) is 17.6 Å². The number of benzene rings is 2. The molecule has 6 nitrogen and oxygen atoms in total. The fourth-order valence-electron chi connectivity index (χ4n) is 4.00. The molecule has 0 spiro atoms. The lowest BCUT2D eigenvalue weighted by atomic mass is 9.76. The van der Waals surface area contributed by atoms with Gasteiger partial charge in [-0.25, -0.2) is 0 Å². The lowest BCUT2D eigenvalue weighted by Gasteiger charge is -2.34. The smallest absolute Gasteiger partial charge is 0.324 e. The Morgan fingerprint density at radius 1 is 1.04 bits per heavy atom. The minimum absolute atomic E-state index is 0.119.